The number of halogens is 1. The molecule has 0 aliphatic carbocycles. The quantitative estimate of drug-likeness (QED) is 0.508. The van der Waals surface area contributed by atoms with E-state index in [-0.39, 0.29) is 5.91 Å². The number of benzene rings is 1. The minimum atomic E-state index is -0.432. The standard InChI is InChI=1S/C17H18ClN5O2S/c1-9-13(18)5-4-6-14(9)20-16(24)11(3)26-17-22-21-15(23(17)19)12-7-8-25-10(12)2/h4-8,11H,19H2,1-3H3,(H,20,24). The first-order chi connectivity index (χ1) is 12.4. The van der Waals surface area contributed by atoms with Gasteiger partial charge in [-0.2, -0.15) is 0 Å². The molecule has 7 nitrogen and oxygen atoms in total. The van der Waals surface area contributed by atoms with E-state index in [0.29, 0.717) is 27.5 Å². The van der Waals surface area contributed by atoms with Gasteiger partial charge in [0.1, 0.15) is 5.76 Å². The molecule has 136 valence electrons. The highest BCUT2D eigenvalue weighted by Gasteiger charge is 2.21. The normalized spacial score (nSPS) is 12.2. The molecule has 0 bridgehead atoms. The van der Waals surface area contributed by atoms with Crippen molar-refractivity contribution in [2.45, 2.75) is 31.2 Å². The Balaban J connectivity index is 1.73. The van der Waals surface area contributed by atoms with E-state index in [1.165, 1.54) is 16.4 Å². The van der Waals surface area contributed by atoms with E-state index in [0.717, 1.165) is 11.1 Å². The van der Waals surface area contributed by atoms with Gasteiger partial charge in [-0.05, 0) is 44.5 Å². The Morgan fingerprint density at radius 1 is 1.35 bits per heavy atom. The average Bonchev–Trinajstić information content (AvgIpc) is 3.18. The van der Waals surface area contributed by atoms with Crippen LogP contribution in [-0.4, -0.2) is 26.0 Å². The Kier molecular flexibility index (Phi) is 5.24. The molecule has 1 aromatic carbocycles. The van der Waals surface area contributed by atoms with Crippen LogP contribution in [0.4, 0.5) is 5.69 Å². The number of nitrogens with zero attached hydrogens (tertiary/aromatic N) is 3. The number of amides is 1. The van der Waals surface area contributed by atoms with E-state index < -0.39 is 5.25 Å². The number of furan rings is 1. The molecule has 0 saturated carbocycles. The van der Waals surface area contributed by atoms with Gasteiger partial charge >= 0.3 is 0 Å². The third-order valence-corrected chi connectivity index (χ3v) is 5.41. The van der Waals surface area contributed by atoms with Gasteiger partial charge in [0.05, 0.1) is 17.1 Å². The third kappa shape index (κ3) is 3.56. The lowest BCUT2D eigenvalue weighted by atomic mass is 10.2. The summed E-state index contributed by atoms with van der Waals surface area (Å²) < 4.78 is 6.63. The molecule has 0 fully saturated rings. The van der Waals surface area contributed by atoms with Crippen LogP contribution in [0.25, 0.3) is 11.4 Å². The van der Waals surface area contributed by atoms with Crippen molar-refractivity contribution in [1.29, 1.82) is 0 Å². The minimum Gasteiger partial charge on any atom is -0.469 e. The van der Waals surface area contributed by atoms with Gasteiger partial charge in [-0.25, -0.2) is 4.68 Å². The Bertz CT molecular complexity index is 953. The minimum absolute atomic E-state index is 0.176. The molecule has 2 heterocycles. The van der Waals surface area contributed by atoms with Crippen LogP contribution in [0.5, 0.6) is 0 Å². The van der Waals surface area contributed by atoms with Crippen molar-refractivity contribution in [3.8, 4) is 11.4 Å². The Morgan fingerprint density at radius 3 is 2.81 bits per heavy atom. The highest BCUT2D eigenvalue weighted by molar-refractivity contribution is 8.00. The molecule has 3 rings (SSSR count). The Hall–Kier alpha value is -2.45. The molecule has 1 unspecified atom stereocenters. The zero-order chi connectivity index (χ0) is 18.8. The number of hydrogen-bond acceptors (Lipinski definition) is 6. The number of aryl methyl sites for hydroxylation is 1. The van der Waals surface area contributed by atoms with E-state index in [1.54, 1.807) is 31.4 Å². The smallest absolute Gasteiger partial charge is 0.237 e. The molecule has 3 N–H and O–H groups in total. The highest BCUT2D eigenvalue weighted by atomic mass is 35.5. The maximum Gasteiger partial charge on any atom is 0.237 e. The van der Waals surface area contributed by atoms with Crippen LogP contribution in [0.1, 0.15) is 18.2 Å². The summed E-state index contributed by atoms with van der Waals surface area (Å²) in [6.07, 6.45) is 1.57. The second-order valence-corrected chi connectivity index (χ2v) is 7.44. The summed E-state index contributed by atoms with van der Waals surface area (Å²) in [5, 5.41) is 11.7. The summed E-state index contributed by atoms with van der Waals surface area (Å²) in [7, 11) is 0. The lowest BCUT2D eigenvalue weighted by molar-refractivity contribution is -0.115. The fourth-order valence-electron chi connectivity index (χ4n) is 2.35. The topological polar surface area (TPSA) is 99.0 Å². The number of nitrogens with one attached hydrogen (secondary N) is 1. The van der Waals surface area contributed by atoms with Gasteiger partial charge in [-0.3, -0.25) is 4.79 Å². The predicted molar refractivity (Wildman–Crippen MR) is 103 cm³/mol. The molecule has 1 amide bonds. The van der Waals surface area contributed by atoms with Crippen LogP contribution in [-0.2, 0) is 4.79 Å². The maximum atomic E-state index is 12.5. The number of carbonyl (C=O) groups is 1. The summed E-state index contributed by atoms with van der Waals surface area (Å²) in [5.41, 5.74) is 2.26. The third-order valence-electron chi connectivity index (χ3n) is 3.94. The van der Waals surface area contributed by atoms with E-state index in [1.807, 2.05) is 19.9 Å². The van der Waals surface area contributed by atoms with Crippen molar-refractivity contribution in [2.24, 2.45) is 0 Å². The molecule has 0 radical (unpaired) electrons. The predicted octanol–water partition coefficient (Wildman–Crippen LogP) is 3.64. The highest BCUT2D eigenvalue weighted by Crippen LogP contribution is 2.28. The van der Waals surface area contributed by atoms with Crippen LogP contribution in [0.15, 0.2) is 40.1 Å². The second-order valence-electron chi connectivity index (χ2n) is 5.73. The van der Waals surface area contributed by atoms with E-state index in [2.05, 4.69) is 15.5 Å². The number of anilines is 1. The molecule has 0 spiro atoms. The molecule has 2 aromatic heterocycles. The van der Waals surface area contributed by atoms with Gasteiger partial charge in [0.25, 0.3) is 0 Å². The summed E-state index contributed by atoms with van der Waals surface area (Å²) in [4.78, 5) is 12.5. The molecular weight excluding hydrogens is 374 g/mol. The number of carbonyl (C=O) groups excluding carboxylic acids is 1. The van der Waals surface area contributed by atoms with Crippen LogP contribution in [0.2, 0.25) is 5.02 Å². The molecule has 0 saturated heterocycles. The molecule has 1 atom stereocenters. The lowest BCUT2D eigenvalue weighted by Gasteiger charge is -2.13. The van der Waals surface area contributed by atoms with E-state index in [9.17, 15) is 4.79 Å². The van der Waals surface area contributed by atoms with Gasteiger partial charge in [0.15, 0.2) is 5.82 Å². The summed E-state index contributed by atoms with van der Waals surface area (Å²) in [6, 6.07) is 7.15. The van der Waals surface area contributed by atoms with Gasteiger partial charge in [-0.1, -0.05) is 29.4 Å². The van der Waals surface area contributed by atoms with E-state index in [4.69, 9.17) is 21.9 Å². The van der Waals surface area contributed by atoms with Gasteiger partial charge in [-0.15, -0.1) is 10.2 Å². The van der Waals surface area contributed by atoms with Crippen LogP contribution in [0, 0.1) is 13.8 Å². The number of rotatable bonds is 5. The molecule has 26 heavy (non-hydrogen) atoms. The molecule has 0 aliphatic rings. The van der Waals surface area contributed by atoms with E-state index >= 15 is 0 Å². The number of aromatic nitrogens is 3. The monoisotopic (exact) mass is 391 g/mol. The van der Waals surface area contributed by atoms with Crippen LogP contribution in [0.3, 0.4) is 0 Å². The second kappa shape index (κ2) is 7.43. The number of hydrogen-bond donors (Lipinski definition) is 2. The lowest BCUT2D eigenvalue weighted by Crippen LogP contribution is -2.24. The van der Waals surface area contributed by atoms with Gasteiger partial charge in [0, 0.05) is 10.7 Å². The first kappa shape index (κ1) is 18.3. The Labute approximate surface area is 159 Å². The van der Waals surface area contributed by atoms with Crippen LogP contribution < -0.4 is 11.2 Å². The molecule has 3 aromatic rings. The summed E-state index contributed by atoms with van der Waals surface area (Å²) in [5.74, 6) is 7.09. The number of nitrogen functional groups attached to an aromatic ring is 1. The zero-order valence-corrected chi connectivity index (χ0v) is 16.1. The number of thioether (sulfide) groups is 1. The zero-order valence-electron chi connectivity index (χ0n) is 14.5. The van der Waals surface area contributed by atoms with Gasteiger partial charge < -0.3 is 15.6 Å². The van der Waals surface area contributed by atoms with Crippen molar-refractivity contribution in [1.82, 2.24) is 14.9 Å². The number of nitrogens with two attached hydrogens (primary N) is 1. The maximum absolute atomic E-state index is 12.5. The SMILES string of the molecule is Cc1occc1-c1nnc(SC(C)C(=O)Nc2cccc(Cl)c2C)n1N. The Morgan fingerprint density at radius 2 is 2.12 bits per heavy atom. The fourth-order valence-corrected chi connectivity index (χ4v) is 3.29. The fraction of sp³-hybridized carbons (Fsp3) is 0.235. The first-order valence-electron chi connectivity index (χ1n) is 7.86. The largest absolute Gasteiger partial charge is 0.469 e. The molecule has 9 heteroatoms. The molecular formula is C17H18ClN5O2S. The van der Waals surface area contributed by atoms with Crippen molar-refractivity contribution in [2.75, 3.05) is 11.2 Å². The summed E-state index contributed by atoms with van der Waals surface area (Å²) >= 11 is 7.31. The first-order valence-corrected chi connectivity index (χ1v) is 9.12. The van der Waals surface area contributed by atoms with Crippen molar-refractivity contribution in [3.05, 3.63) is 46.9 Å². The van der Waals surface area contributed by atoms with Crippen molar-refractivity contribution >= 4 is 35.0 Å². The van der Waals surface area contributed by atoms with Crippen molar-refractivity contribution in [3.63, 3.8) is 0 Å². The van der Waals surface area contributed by atoms with Gasteiger partial charge in [0.2, 0.25) is 11.1 Å². The average molecular weight is 392 g/mol. The summed E-state index contributed by atoms with van der Waals surface area (Å²) in [6.45, 7) is 5.45. The van der Waals surface area contributed by atoms with Crippen molar-refractivity contribution < 1.29 is 9.21 Å². The molecule has 0 aliphatic heterocycles. The van der Waals surface area contributed by atoms with Crippen LogP contribution >= 0.6 is 23.4 Å².